The molecule has 55 heavy (non-hydrogen) atoms. The van der Waals surface area contributed by atoms with Gasteiger partial charge in [-0.3, -0.25) is 0 Å². The number of hydrogen-bond donors (Lipinski definition) is 0. The highest BCUT2D eigenvalue weighted by molar-refractivity contribution is 6.99. The third-order valence-electron chi connectivity index (χ3n) is 11.7. The summed E-state index contributed by atoms with van der Waals surface area (Å²) in [5.41, 5.74) is 18.0. The Morgan fingerprint density at radius 2 is 1.25 bits per heavy atom. The van der Waals surface area contributed by atoms with Gasteiger partial charge in [0.25, 0.3) is 6.71 Å². The second-order valence-corrected chi connectivity index (χ2v) is 17.5. The van der Waals surface area contributed by atoms with Gasteiger partial charge in [0.2, 0.25) is 0 Å². The quantitative estimate of drug-likeness (QED) is 0.170. The summed E-state index contributed by atoms with van der Waals surface area (Å²) in [6, 6.07) is 54.0. The van der Waals surface area contributed by atoms with E-state index in [0.29, 0.717) is 0 Å². The number of rotatable bonds is 4. The average molecular weight is 713 g/mol. The monoisotopic (exact) mass is 712 g/mol. The van der Waals surface area contributed by atoms with Gasteiger partial charge in [0, 0.05) is 39.5 Å². The molecule has 7 aromatic carbocycles. The fraction of sp³-hybridized carbons (Fsp3) is 0.180. The zero-order valence-electron chi connectivity index (χ0n) is 32.7. The van der Waals surface area contributed by atoms with Crippen molar-refractivity contribution in [2.24, 2.45) is 0 Å². The van der Waals surface area contributed by atoms with Gasteiger partial charge in [0.1, 0.15) is 0 Å². The van der Waals surface area contributed by atoms with E-state index in [-0.39, 0.29) is 17.5 Å². The van der Waals surface area contributed by atoms with E-state index >= 15 is 0 Å². The molecule has 0 saturated carbocycles. The molecule has 0 aliphatic carbocycles. The average Bonchev–Trinajstić information content (AvgIpc) is 3.70. The van der Waals surface area contributed by atoms with Gasteiger partial charge in [-0.15, -0.1) is 0 Å². The lowest BCUT2D eigenvalue weighted by Gasteiger charge is -2.37. The van der Waals surface area contributed by atoms with Crippen LogP contribution in [0.2, 0.25) is 0 Å². The number of aromatic nitrogens is 2. The Labute approximate surface area is 324 Å². The van der Waals surface area contributed by atoms with Crippen LogP contribution in [0.1, 0.15) is 58.2 Å². The maximum absolute atomic E-state index is 5.48. The molecule has 10 rings (SSSR count). The fourth-order valence-electron chi connectivity index (χ4n) is 8.90. The number of aryl methyl sites for hydroxylation is 1. The second kappa shape index (κ2) is 12.0. The normalized spacial score (nSPS) is 13.3. The van der Waals surface area contributed by atoms with Crippen LogP contribution in [-0.2, 0) is 10.8 Å². The van der Waals surface area contributed by atoms with Crippen molar-refractivity contribution in [3.05, 3.63) is 162 Å². The van der Waals surface area contributed by atoms with E-state index in [0.717, 1.165) is 39.5 Å². The Balaban J connectivity index is 1.24. The van der Waals surface area contributed by atoms with Gasteiger partial charge in [-0.05, 0) is 117 Å². The standard InChI is InChI=1S/C50H45BN4/c1-32-28-45-47-46(29-32)55-43-27-22-35(50(5,6)7)30-41(43)52-48(55)51(47)40-26-25-38(31-44(40)54(45)36-16-9-8-10-17-36)53(37-23-20-34(21-24-37)49(2,3)4)42-19-13-15-33-14-11-12-18-39(33)42/h8-31H,1-7H3. The Bertz CT molecular complexity index is 2800. The highest BCUT2D eigenvalue weighted by atomic mass is 15.2. The first-order valence-corrected chi connectivity index (χ1v) is 19.5. The molecule has 5 heteroatoms. The van der Waals surface area contributed by atoms with Gasteiger partial charge in [0.05, 0.1) is 22.4 Å². The molecule has 1 aromatic heterocycles. The Kier molecular flexibility index (Phi) is 7.29. The lowest BCUT2D eigenvalue weighted by Crippen LogP contribution is -2.55. The van der Waals surface area contributed by atoms with Crippen LogP contribution in [0.4, 0.5) is 34.1 Å². The van der Waals surface area contributed by atoms with Crippen molar-refractivity contribution < 1.29 is 0 Å². The first kappa shape index (κ1) is 33.5. The Morgan fingerprint density at radius 3 is 2.02 bits per heavy atom. The summed E-state index contributed by atoms with van der Waals surface area (Å²) in [6.45, 7) is 15.9. The molecule has 0 atom stereocenters. The smallest absolute Gasteiger partial charge is 0.294 e. The molecule has 0 fully saturated rings. The molecule has 0 unspecified atom stereocenters. The number of para-hydroxylation sites is 1. The first-order chi connectivity index (χ1) is 26.5. The maximum atomic E-state index is 5.48. The van der Waals surface area contributed by atoms with Crippen molar-refractivity contribution in [2.45, 2.75) is 59.3 Å². The van der Waals surface area contributed by atoms with Gasteiger partial charge in [-0.1, -0.05) is 120 Å². The van der Waals surface area contributed by atoms with Crippen LogP contribution < -0.4 is 26.4 Å². The van der Waals surface area contributed by atoms with E-state index in [2.05, 4.69) is 208 Å². The van der Waals surface area contributed by atoms with Gasteiger partial charge in [0.15, 0.2) is 0 Å². The predicted octanol–water partition coefficient (Wildman–Crippen LogP) is 11.2. The third kappa shape index (κ3) is 5.24. The van der Waals surface area contributed by atoms with Crippen LogP contribution in [-0.4, -0.2) is 16.3 Å². The molecule has 268 valence electrons. The highest BCUT2D eigenvalue weighted by Gasteiger charge is 2.45. The topological polar surface area (TPSA) is 24.3 Å². The number of hydrogen-bond acceptors (Lipinski definition) is 3. The number of imidazole rings is 1. The van der Waals surface area contributed by atoms with Crippen molar-refractivity contribution >= 4 is 79.3 Å². The number of nitrogens with zero attached hydrogens (tertiary/aromatic N) is 4. The molecule has 0 amide bonds. The van der Waals surface area contributed by atoms with E-state index in [4.69, 9.17) is 4.98 Å². The molecule has 8 aromatic rings. The molecular weight excluding hydrogens is 667 g/mol. The maximum Gasteiger partial charge on any atom is 0.294 e. The molecule has 3 heterocycles. The molecule has 4 nitrogen and oxygen atoms in total. The summed E-state index contributed by atoms with van der Waals surface area (Å²) in [5.74, 6) is 0. The molecule has 0 N–H and O–H groups in total. The van der Waals surface area contributed by atoms with Crippen LogP contribution in [0.3, 0.4) is 0 Å². The minimum absolute atomic E-state index is 0.00262. The zero-order chi connectivity index (χ0) is 37.8. The van der Waals surface area contributed by atoms with E-state index in [9.17, 15) is 0 Å². The predicted molar refractivity (Wildman–Crippen MR) is 235 cm³/mol. The van der Waals surface area contributed by atoms with Gasteiger partial charge in [-0.2, -0.15) is 0 Å². The van der Waals surface area contributed by atoms with E-state index in [1.165, 1.54) is 55.5 Å². The van der Waals surface area contributed by atoms with E-state index < -0.39 is 0 Å². The third-order valence-corrected chi connectivity index (χ3v) is 11.7. The summed E-state index contributed by atoms with van der Waals surface area (Å²) < 4.78 is 2.43. The molecule has 0 saturated heterocycles. The number of fused-ring (bicyclic) bond motifs is 8. The summed E-state index contributed by atoms with van der Waals surface area (Å²) in [6.07, 6.45) is 0. The van der Waals surface area contributed by atoms with Crippen molar-refractivity contribution in [1.29, 1.82) is 0 Å². The zero-order valence-corrected chi connectivity index (χ0v) is 32.7. The van der Waals surface area contributed by atoms with Crippen molar-refractivity contribution in [3.8, 4) is 5.69 Å². The first-order valence-electron chi connectivity index (χ1n) is 19.5. The van der Waals surface area contributed by atoms with Crippen LogP contribution in [0, 0.1) is 6.92 Å². The minimum atomic E-state index is -0.00262. The SMILES string of the molecule is Cc1cc2c3c(c1)-n1c(nc4cc(C(C)(C)C)ccc41)B3c1ccc(N(c3ccc(C(C)(C)C)cc3)c3cccc4ccccc34)cc1N2c1ccccc1. The van der Waals surface area contributed by atoms with E-state index in [1.54, 1.807) is 0 Å². The Morgan fingerprint density at radius 1 is 0.582 bits per heavy atom. The lowest BCUT2D eigenvalue weighted by molar-refractivity contribution is 0.590. The number of anilines is 6. The number of benzene rings is 7. The summed E-state index contributed by atoms with van der Waals surface area (Å²) in [7, 11) is 0. The van der Waals surface area contributed by atoms with E-state index in [1.807, 2.05) is 0 Å². The van der Waals surface area contributed by atoms with Crippen LogP contribution in [0.25, 0.3) is 27.5 Å². The van der Waals surface area contributed by atoms with Gasteiger partial charge >= 0.3 is 0 Å². The largest absolute Gasteiger partial charge is 0.311 e. The summed E-state index contributed by atoms with van der Waals surface area (Å²) >= 11 is 0. The van der Waals surface area contributed by atoms with Gasteiger partial charge < -0.3 is 14.4 Å². The van der Waals surface area contributed by atoms with Gasteiger partial charge in [-0.25, -0.2) is 4.98 Å². The molecule has 0 spiro atoms. The molecule has 2 aliphatic heterocycles. The Hall–Kier alpha value is -6.07. The highest BCUT2D eigenvalue weighted by Crippen LogP contribution is 2.45. The lowest BCUT2D eigenvalue weighted by atomic mass is 9.39. The van der Waals surface area contributed by atoms with Crippen molar-refractivity contribution in [1.82, 2.24) is 9.55 Å². The second-order valence-electron chi connectivity index (χ2n) is 17.5. The van der Waals surface area contributed by atoms with Crippen molar-refractivity contribution in [2.75, 3.05) is 9.80 Å². The summed E-state index contributed by atoms with van der Waals surface area (Å²) in [5, 5.41) is 2.43. The van der Waals surface area contributed by atoms with Crippen LogP contribution in [0.5, 0.6) is 0 Å². The molecule has 0 radical (unpaired) electrons. The molecule has 2 aliphatic rings. The molecule has 0 bridgehead atoms. The minimum Gasteiger partial charge on any atom is -0.311 e. The van der Waals surface area contributed by atoms with Crippen LogP contribution in [0.15, 0.2) is 146 Å². The summed E-state index contributed by atoms with van der Waals surface area (Å²) in [4.78, 5) is 10.4. The fourth-order valence-corrected chi connectivity index (χ4v) is 8.90. The van der Waals surface area contributed by atoms with Crippen molar-refractivity contribution in [3.63, 3.8) is 0 Å². The van der Waals surface area contributed by atoms with Crippen LogP contribution >= 0.6 is 0 Å². The molecular formula is C50H45BN4.